The molecule has 2 aromatic rings. The number of carbonyl (C=O) groups excluding carboxylic acids is 2. The summed E-state index contributed by atoms with van der Waals surface area (Å²) in [5.41, 5.74) is 3.24. The summed E-state index contributed by atoms with van der Waals surface area (Å²) >= 11 is 0. The number of benzene rings is 2. The number of anilines is 1. The van der Waals surface area contributed by atoms with Crippen LogP contribution in [-0.4, -0.2) is 23.6 Å². The Hall–Kier alpha value is -2.66. The standard InChI is InChI=1S/C18H20N2O3/c1-13(2)12-20(18(22)15-6-4-3-5-7-15)16-10-8-14(9-11-16)17(21)19-23/h3-11,13,23H,12H2,1-2H3,(H,19,21). The molecule has 120 valence electrons. The molecule has 2 amide bonds. The Morgan fingerprint density at radius 2 is 1.61 bits per heavy atom. The Balaban J connectivity index is 2.31. The van der Waals surface area contributed by atoms with Gasteiger partial charge in [-0.15, -0.1) is 0 Å². The molecule has 0 spiro atoms. The Labute approximate surface area is 135 Å². The highest BCUT2D eigenvalue weighted by Gasteiger charge is 2.19. The highest BCUT2D eigenvalue weighted by molar-refractivity contribution is 6.06. The highest BCUT2D eigenvalue weighted by Crippen LogP contribution is 2.20. The molecule has 0 fully saturated rings. The number of rotatable bonds is 5. The van der Waals surface area contributed by atoms with Crippen molar-refractivity contribution >= 4 is 17.5 Å². The number of nitrogens with one attached hydrogen (secondary N) is 1. The summed E-state index contributed by atoms with van der Waals surface area (Å²) in [6, 6.07) is 15.6. The minimum Gasteiger partial charge on any atom is -0.308 e. The van der Waals surface area contributed by atoms with Crippen LogP contribution >= 0.6 is 0 Å². The number of hydroxylamine groups is 1. The van der Waals surface area contributed by atoms with E-state index >= 15 is 0 Å². The van der Waals surface area contributed by atoms with Crippen LogP contribution in [0.3, 0.4) is 0 Å². The molecule has 0 saturated heterocycles. The number of nitrogens with zero attached hydrogens (tertiary/aromatic N) is 1. The fourth-order valence-electron chi connectivity index (χ4n) is 2.26. The van der Waals surface area contributed by atoms with E-state index in [2.05, 4.69) is 0 Å². The second-order valence-electron chi connectivity index (χ2n) is 5.66. The lowest BCUT2D eigenvalue weighted by molar-refractivity contribution is 0.0706. The van der Waals surface area contributed by atoms with Crippen LogP contribution < -0.4 is 10.4 Å². The van der Waals surface area contributed by atoms with Crippen molar-refractivity contribution < 1.29 is 14.8 Å². The Morgan fingerprint density at radius 1 is 1.00 bits per heavy atom. The molecule has 0 aliphatic rings. The molecule has 0 saturated carbocycles. The van der Waals surface area contributed by atoms with Gasteiger partial charge in [0.2, 0.25) is 0 Å². The van der Waals surface area contributed by atoms with Crippen LogP contribution in [0.5, 0.6) is 0 Å². The number of hydrogen-bond acceptors (Lipinski definition) is 3. The maximum Gasteiger partial charge on any atom is 0.274 e. The maximum absolute atomic E-state index is 12.8. The summed E-state index contributed by atoms with van der Waals surface area (Å²) < 4.78 is 0. The Kier molecular flexibility index (Phi) is 5.49. The van der Waals surface area contributed by atoms with E-state index in [4.69, 9.17) is 5.21 Å². The van der Waals surface area contributed by atoms with Gasteiger partial charge in [-0.05, 0) is 42.3 Å². The van der Waals surface area contributed by atoms with Crippen LogP contribution in [0.25, 0.3) is 0 Å². The van der Waals surface area contributed by atoms with Gasteiger partial charge in [0.1, 0.15) is 0 Å². The number of carbonyl (C=O) groups is 2. The molecule has 0 unspecified atom stereocenters. The second-order valence-corrected chi connectivity index (χ2v) is 5.66. The summed E-state index contributed by atoms with van der Waals surface area (Å²) in [5.74, 6) is -0.372. The van der Waals surface area contributed by atoms with Crippen LogP contribution in [0.15, 0.2) is 54.6 Å². The minimum absolute atomic E-state index is 0.0846. The lowest BCUT2D eigenvalue weighted by Gasteiger charge is -2.25. The molecule has 2 rings (SSSR count). The zero-order chi connectivity index (χ0) is 16.8. The zero-order valence-corrected chi connectivity index (χ0v) is 13.2. The quantitative estimate of drug-likeness (QED) is 0.658. The Morgan fingerprint density at radius 3 is 2.13 bits per heavy atom. The van der Waals surface area contributed by atoms with Gasteiger partial charge in [0.15, 0.2) is 0 Å². The third-order valence-electron chi connectivity index (χ3n) is 3.36. The summed E-state index contributed by atoms with van der Waals surface area (Å²) in [7, 11) is 0. The molecule has 0 aliphatic heterocycles. The van der Waals surface area contributed by atoms with E-state index in [1.807, 2.05) is 32.0 Å². The molecule has 2 aromatic carbocycles. The molecule has 5 nitrogen and oxygen atoms in total. The predicted octanol–water partition coefficient (Wildman–Crippen LogP) is 3.11. The Bertz CT molecular complexity index is 666. The summed E-state index contributed by atoms with van der Waals surface area (Å²) in [6.07, 6.45) is 0. The number of amides is 2. The summed E-state index contributed by atoms with van der Waals surface area (Å²) in [4.78, 5) is 25.8. The van der Waals surface area contributed by atoms with E-state index in [-0.39, 0.29) is 5.91 Å². The highest BCUT2D eigenvalue weighted by atomic mass is 16.5. The van der Waals surface area contributed by atoms with Crippen molar-refractivity contribution in [2.45, 2.75) is 13.8 Å². The first-order chi connectivity index (χ1) is 11.0. The lowest BCUT2D eigenvalue weighted by Crippen LogP contribution is -2.34. The molecule has 0 radical (unpaired) electrons. The van der Waals surface area contributed by atoms with Crippen molar-refractivity contribution in [2.24, 2.45) is 5.92 Å². The van der Waals surface area contributed by atoms with Gasteiger partial charge < -0.3 is 4.90 Å². The fraction of sp³-hybridized carbons (Fsp3) is 0.222. The number of hydrogen-bond donors (Lipinski definition) is 2. The average molecular weight is 312 g/mol. The molecule has 23 heavy (non-hydrogen) atoms. The fourth-order valence-corrected chi connectivity index (χ4v) is 2.26. The topological polar surface area (TPSA) is 69.6 Å². The SMILES string of the molecule is CC(C)CN(C(=O)c1ccccc1)c1ccc(C(=O)NO)cc1. The van der Waals surface area contributed by atoms with Gasteiger partial charge in [-0.25, -0.2) is 5.48 Å². The van der Waals surface area contributed by atoms with Gasteiger partial charge in [0, 0.05) is 23.4 Å². The first-order valence-electron chi connectivity index (χ1n) is 7.44. The molecular weight excluding hydrogens is 292 g/mol. The van der Waals surface area contributed by atoms with Crippen LogP contribution in [-0.2, 0) is 0 Å². The van der Waals surface area contributed by atoms with Crippen molar-refractivity contribution in [3.63, 3.8) is 0 Å². The summed E-state index contributed by atoms with van der Waals surface area (Å²) in [5, 5.41) is 8.66. The van der Waals surface area contributed by atoms with Crippen LogP contribution in [0.2, 0.25) is 0 Å². The van der Waals surface area contributed by atoms with Crippen LogP contribution in [0.4, 0.5) is 5.69 Å². The van der Waals surface area contributed by atoms with Gasteiger partial charge in [-0.2, -0.15) is 0 Å². The molecule has 0 atom stereocenters. The van der Waals surface area contributed by atoms with Crippen molar-refractivity contribution in [3.8, 4) is 0 Å². The monoisotopic (exact) mass is 312 g/mol. The smallest absolute Gasteiger partial charge is 0.274 e. The van der Waals surface area contributed by atoms with Crippen molar-refractivity contribution in [2.75, 3.05) is 11.4 Å². The molecule has 0 heterocycles. The first kappa shape index (κ1) is 16.7. The van der Waals surface area contributed by atoms with E-state index in [0.29, 0.717) is 29.3 Å². The van der Waals surface area contributed by atoms with E-state index in [9.17, 15) is 9.59 Å². The van der Waals surface area contributed by atoms with Crippen LogP contribution in [0, 0.1) is 5.92 Å². The molecule has 0 aromatic heterocycles. The normalized spacial score (nSPS) is 10.4. The van der Waals surface area contributed by atoms with Gasteiger partial charge >= 0.3 is 0 Å². The van der Waals surface area contributed by atoms with Gasteiger partial charge in [-0.3, -0.25) is 14.8 Å². The maximum atomic E-state index is 12.8. The van der Waals surface area contributed by atoms with Gasteiger partial charge in [0.25, 0.3) is 11.8 Å². The van der Waals surface area contributed by atoms with Gasteiger partial charge in [-0.1, -0.05) is 32.0 Å². The molecule has 0 aliphatic carbocycles. The van der Waals surface area contributed by atoms with Gasteiger partial charge in [0.05, 0.1) is 0 Å². The van der Waals surface area contributed by atoms with Crippen molar-refractivity contribution in [3.05, 3.63) is 65.7 Å². The molecular formula is C18H20N2O3. The van der Waals surface area contributed by atoms with E-state index in [0.717, 1.165) is 0 Å². The largest absolute Gasteiger partial charge is 0.308 e. The van der Waals surface area contributed by atoms with E-state index in [1.54, 1.807) is 46.8 Å². The average Bonchev–Trinajstić information content (AvgIpc) is 2.59. The molecule has 5 heteroatoms. The van der Waals surface area contributed by atoms with Crippen LogP contribution in [0.1, 0.15) is 34.6 Å². The third kappa shape index (κ3) is 4.17. The third-order valence-corrected chi connectivity index (χ3v) is 3.36. The minimum atomic E-state index is -0.582. The van der Waals surface area contributed by atoms with Crippen molar-refractivity contribution in [1.82, 2.24) is 5.48 Å². The summed E-state index contributed by atoms with van der Waals surface area (Å²) in [6.45, 7) is 4.65. The predicted molar refractivity (Wildman–Crippen MR) is 88.7 cm³/mol. The second kappa shape index (κ2) is 7.56. The molecule has 2 N–H and O–H groups in total. The lowest BCUT2D eigenvalue weighted by atomic mass is 10.1. The van der Waals surface area contributed by atoms with Crippen molar-refractivity contribution in [1.29, 1.82) is 0 Å². The zero-order valence-electron chi connectivity index (χ0n) is 13.2. The van der Waals surface area contributed by atoms with E-state index in [1.165, 1.54) is 0 Å². The first-order valence-corrected chi connectivity index (χ1v) is 7.44. The molecule has 0 bridgehead atoms. The van der Waals surface area contributed by atoms with E-state index < -0.39 is 5.91 Å².